The van der Waals surface area contributed by atoms with E-state index in [1.54, 1.807) is 16.7 Å². The molecule has 0 saturated carbocycles. The summed E-state index contributed by atoms with van der Waals surface area (Å²) in [6, 6.07) is 11.1. The summed E-state index contributed by atoms with van der Waals surface area (Å²) in [5.41, 5.74) is 3.03. The number of amides is 2. The molecule has 2 aromatic carbocycles. The van der Waals surface area contributed by atoms with E-state index < -0.39 is 16.9 Å². The number of nitrogens with one attached hydrogen (secondary N) is 2. The number of benzene rings is 2. The molecule has 0 saturated heterocycles. The number of hydrogen-bond acceptors (Lipinski definition) is 5. The third-order valence-electron chi connectivity index (χ3n) is 5.81. The highest BCUT2D eigenvalue weighted by molar-refractivity contribution is 7.98. The average molecular weight is 487 g/mol. The standard InChI is InChI=1S/C23H23ClN4O4S/c1-33-11-9-20(26-22(29)14-6-7-17(24)21(12-14)28(31)32)23(30)27-10-8-19-16(13-27)15-4-2-3-5-18(15)25-19/h2-7,12,20,25H,8-11,13H2,1H3,(H,26,29)/t20-/m1/s1. The fourth-order valence-electron chi connectivity index (χ4n) is 4.10. The summed E-state index contributed by atoms with van der Waals surface area (Å²) in [6.07, 6.45) is 3.10. The Morgan fingerprint density at radius 1 is 1.30 bits per heavy atom. The number of aromatic amines is 1. The third-order valence-corrected chi connectivity index (χ3v) is 6.78. The van der Waals surface area contributed by atoms with E-state index in [1.807, 2.05) is 30.5 Å². The predicted molar refractivity (Wildman–Crippen MR) is 130 cm³/mol. The lowest BCUT2D eigenvalue weighted by Crippen LogP contribution is -2.50. The Kier molecular flexibility index (Phi) is 6.90. The van der Waals surface area contributed by atoms with Crippen LogP contribution in [0.2, 0.25) is 5.02 Å². The van der Waals surface area contributed by atoms with Gasteiger partial charge in [0.2, 0.25) is 5.91 Å². The average Bonchev–Trinajstić information content (AvgIpc) is 3.19. The molecule has 4 rings (SSSR count). The Labute approximate surface area is 199 Å². The van der Waals surface area contributed by atoms with Crippen molar-refractivity contribution < 1.29 is 14.5 Å². The van der Waals surface area contributed by atoms with E-state index in [4.69, 9.17) is 11.6 Å². The lowest BCUT2D eigenvalue weighted by Gasteiger charge is -2.31. The number of nitro groups is 1. The van der Waals surface area contributed by atoms with Gasteiger partial charge in [-0.25, -0.2) is 0 Å². The summed E-state index contributed by atoms with van der Waals surface area (Å²) in [4.78, 5) is 42.0. The molecule has 1 aromatic heterocycles. The molecule has 172 valence electrons. The fraction of sp³-hybridized carbons (Fsp3) is 0.304. The molecule has 1 aliphatic heterocycles. The smallest absolute Gasteiger partial charge is 0.288 e. The van der Waals surface area contributed by atoms with Gasteiger partial charge in [-0.2, -0.15) is 11.8 Å². The van der Waals surface area contributed by atoms with Gasteiger partial charge in [0.05, 0.1) is 4.92 Å². The maximum Gasteiger partial charge on any atom is 0.288 e. The number of rotatable bonds is 7. The number of hydrogen-bond donors (Lipinski definition) is 2. The molecule has 1 aliphatic rings. The zero-order valence-corrected chi connectivity index (χ0v) is 19.5. The van der Waals surface area contributed by atoms with Crippen LogP contribution in [0.3, 0.4) is 0 Å². The van der Waals surface area contributed by atoms with Crippen LogP contribution in [-0.2, 0) is 17.8 Å². The van der Waals surface area contributed by atoms with Crippen molar-refractivity contribution in [2.45, 2.75) is 25.4 Å². The number of halogens is 1. The zero-order valence-electron chi connectivity index (χ0n) is 18.0. The minimum Gasteiger partial charge on any atom is -0.358 e. The van der Waals surface area contributed by atoms with Crippen molar-refractivity contribution in [3.63, 3.8) is 0 Å². The van der Waals surface area contributed by atoms with Gasteiger partial charge >= 0.3 is 0 Å². The minimum atomic E-state index is -0.730. The monoisotopic (exact) mass is 486 g/mol. The Morgan fingerprint density at radius 3 is 2.85 bits per heavy atom. The molecule has 8 nitrogen and oxygen atoms in total. The normalized spacial score (nSPS) is 14.1. The Balaban J connectivity index is 1.53. The molecule has 0 radical (unpaired) electrons. The molecule has 0 aliphatic carbocycles. The maximum atomic E-state index is 13.4. The molecule has 2 amide bonds. The molecular weight excluding hydrogens is 464 g/mol. The van der Waals surface area contributed by atoms with Crippen molar-refractivity contribution in [1.82, 2.24) is 15.2 Å². The van der Waals surface area contributed by atoms with Crippen LogP contribution in [0.1, 0.15) is 28.0 Å². The van der Waals surface area contributed by atoms with E-state index in [2.05, 4.69) is 10.3 Å². The third kappa shape index (κ3) is 4.84. The summed E-state index contributed by atoms with van der Waals surface area (Å²) >= 11 is 7.44. The van der Waals surface area contributed by atoms with E-state index in [9.17, 15) is 19.7 Å². The molecule has 0 fully saturated rings. The minimum absolute atomic E-state index is 0.0468. The number of fused-ring (bicyclic) bond motifs is 3. The highest BCUT2D eigenvalue weighted by Gasteiger charge is 2.30. The Morgan fingerprint density at radius 2 is 2.09 bits per heavy atom. The van der Waals surface area contributed by atoms with Crippen LogP contribution >= 0.6 is 23.4 Å². The van der Waals surface area contributed by atoms with Crippen LogP contribution in [-0.4, -0.2) is 51.2 Å². The van der Waals surface area contributed by atoms with Crippen LogP contribution in [0.4, 0.5) is 5.69 Å². The number of aromatic nitrogens is 1. The van der Waals surface area contributed by atoms with Crippen LogP contribution in [0.15, 0.2) is 42.5 Å². The summed E-state index contributed by atoms with van der Waals surface area (Å²) in [5.74, 6) is -0.0142. The molecule has 0 bridgehead atoms. The SMILES string of the molecule is CSCC[C@@H](NC(=O)c1ccc(Cl)c([N+](=O)[O-])c1)C(=O)N1CCc2[nH]c3ccccc3c2C1. The molecule has 0 spiro atoms. The van der Waals surface area contributed by atoms with Crippen molar-refractivity contribution in [2.75, 3.05) is 18.6 Å². The summed E-state index contributed by atoms with van der Waals surface area (Å²) in [6.45, 7) is 1.02. The molecule has 33 heavy (non-hydrogen) atoms. The van der Waals surface area contributed by atoms with Gasteiger partial charge < -0.3 is 15.2 Å². The lowest BCUT2D eigenvalue weighted by molar-refractivity contribution is -0.384. The van der Waals surface area contributed by atoms with E-state index in [0.29, 0.717) is 31.7 Å². The van der Waals surface area contributed by atoms with Crippen LogP contribution in [0.25, 0.3) is 10.9 Å². The number of nitro benzene ring substituents is 1. The molecular formula is C23H23ClN4O4S. The lowest BCUT2D eigenvalue weighted by atomic mass is 10.0. The molecule has 10 heteroatoms. The van der Waals surface area contributed by atoms with Crippen LogP contribution in [0, 0.1) is 10.1 Å². The molecule has 2 N–H and O–H groups in total. The van der Waals surface area contributed by atoms with Gasteiger partial charge in [0, 0.05) is 53.3 Å². The highest BCUT2D eigenvalue weighted by Crippen LogP contribution is 2.28. The number of para-hydroxylation sites is 1. The second kappa shape index (κ2) is 9.84. The first-order valence-corrected chi connectivity index (χ1v) is 12.3. The second-order valence-corrected chi connectivity index (χ2v) is 9.26. The molecule has 0 unspecified atom stereocenters. The largest absolute Gasteiger partial charge is 0.358 e. The quantitative estimate of drug-likeness (QED) is 0.385. The predicted octanol–water partition coefficient (Wildman–Crippen LogP) is 4.17. The first kappa shape index (κ1) is 23.1. The van der Waals surface area contributed by atoms with Crippen molar-refractivity contribution in [3.8, 4) is 0 Å². The summed E-state index contributed by atoms with van der Waals surface area (Å²) in [7, 11) is 0. The van der Waals surface area contributed by atoms with Gasteiger partial charge in [-0.3, -0.25) is 19.7 Å². The van der Waals surface area contributed by atoms with Gasteiger partial charge in [-0.1, -0.05) is 29.8 Å². The van der Waals surface area contributed by atoms with Crippen LogP contribution < -0.4 is 5.32 Å². The van der Waals surface area contributed by atoms with Crippen molar-refractivity contribution in [2.24, 2.45) is 0 Å². The molecule has 2 heterocycles. The topological polar surface area (TPSA) is 108 Å². The van der Waals surface area contributed by atoms with Crippen molar-refractivity contribution in [1.29, 1.82) is 0 Å². The van der Waals surface area contributed by atoms with E-state index in [1.165, 1.54) is 12.1 Å². The second-order valence-electron chi connectivity index (χ2n) is 7.87. The summed E-state index contributed by atoms with van der Waals surface area (Å²) in [5, 5.41) is 15.0. The number of H-pyrrole nitrogens is 1. The zero-order chi connectivity index (χ0) is 23.5. The van der Waals surface area contributed by atoms with Crippen LogP contribution in [0.5, 0.6) is 0 Å². The molecule has 1 atom stereocenters. The number of thioether (sulfide) groups is 1. The van der Waals surface area contributed by atoms with Crippen molar-refractivity contribution >= 4 is 51.8 Å². The first-order valence-electron chi connectivity index (χ1n) is 10.5. The highest BCUT2D eigenvalue weighted by atomic mass is 35.5. The van der Waals surface area contributed by atoms with Crippen molar-refractivity contribution in [3.05, 3.63) is 74.4 Å². The van der Waals surface area contributed by atoms with E-state index in [-0.39, 0.29) is 22.2 Å². The van der Waals surface area contributed by atoms with Gasteiger partial charge in [0.25, 0.3) is 11.6 Å². The summed E-state index contributed by atoms with van der Waals surface area (Å²) < 4.78 is 0. The Bertz CT molecular complexity index is 1230. The number of carbonyl (C=O) groups excluding carboxylic acids is 2. The van der Waals surface area contributed by atoms with Gasteiger partial charge in [0.1, 0.15) is 11.1 Å². The first-order chi connectivity index (χ1) is 15.9. The van der Waals surface area contributed by atoms with Gasteiger partial charge in [0.15, 0.2) is 0 Å². The maximum absolute atomic E-state index is 13.4. The fourth-order valence-corrected chi connectivity index (χ4v) is 4.76. The molecule has 3 aromatic rings. The number of carbonyl (C=O) groups is 2. The van der Waals surface area contributed by atoms with Gasteiger partial charge in [-0.15, -0.1) is 0 Å². The van der Waals surface area contributed by atoms with E-state index in [0.717, 1.165) is 28.2 Å². The Hall–Kier alpha value is -3.04. The van der Waals surface area contributed by atoms with E-state index >= 15 is 0 Å². The van der Waals surface area contributed by atoms with Gasteiger partial charge in [-0.05, 0) is 36.6 Å². The number of nitrogens with zero attached hydrogens (tertiary/aromatic N) is 2.